The molecule has 0 saturated carbocycles. The number of aliphatic hydroxyl groups excluding tert-OH is 1. The van der Waals surface area contributed by atoms with Gasteiger partial charge in [-0.1, -0.05) is 39.0 Å². The van der Waals surface area contributed by atoms with Gasteiger partial charge in [0.1, 0.15) is 0 Å². The molecule has 2 heteroatoms. The van der Waals surface area contributed by atoms with E-state index in [0.717, 1.165) is 31.4 Å². The standard InChI is InChI=1S/C15H23NO/c1-15(2,3)9-7-13(17)12-6-4-5-11-8-10-16-14(11)12/h4-6,13,16-17H,7-10H2,1-3H3. The minimum Gasteiger partial charge on any atom is -0.388 e. The molecule has 0 aromatic heterocycles. The summed E-state index contributed by atoms with van der Waals surface area (Å²) in [6, 6.07) is 6.25. The van der Waals surface area contributed by atoms with Crippen LogP contribution in [-0.2, 0) is 6.42 Å². The second-order valence-electron chi connectivity index (χ2n) is 6.17. The van der Waals surface area contributed by atoms with Crippen molar-refractivity contribution in [2.24, 2.45) is 5.41 Å². The van der Waals surface area contributed by atoms with Crippen molar-refractivity contribution in [3.63, 3.8) is 0 Å². The van der Waals surface area contributed by atoms with Crippen molar-refractivity contribution >= 4 is 5.69 Å². The van der Waals surface area contributed by atoms with Crippen molar-refractivity contribution in [3.8, 4) is 0 Å². The molecule has 0 bridgehead atoms. The van der Waals surface area contributed by atoms with Gasteiger partial charge < -0.3 is 10.4 Å². The van der Waals surface area contributed by atoms with Gasteiger partial charge in [-0.05, 0) is 30.2 Å². The van der Waals surface area contributed by atoms with E-state index in [1.807, 2.05) is 6.07 Å². The van der Waals surface area contributed by atoms with Crippen LogP contribution in [0, 0.1) is 5.41 Å². The van der Waals surface area contributed by atoms with Crippen molar-refractivity contribution < 1.29 is 5.11 Å². The molecule has 2 nitrogen and oxygen atoms in total. The molecule has 1 aromatic carbocycles. The molecule has 17 heavy (non-hydrogen) atoms. The largest absolute Gasteiger partial charge is 0.388 e. The third-order valence-corrected chi connectivity index (χ3v) is 3.41. The van der Waals surface area contributed by atoms with Crippen LogP contribution in [0.25, 0.3) is 0 Å². The van der Waals surface area contributed by atoms with Crippen molar-refractivity contribution in [1.82, 2.24) is 0 Å². The van der Waals surface area contributed by atoms with Gasteiger partial charge in [0.15, 0.2) is 0 Å². The second kappa shape index (κ2) is 4.69. The van der Waals surface area contributed by atoms with E-state index in [9.17, 15) is 5.11 Å². The molecular formula is C15H23NO. The zero-order chi connectivity index (χ0) is 12.5. The topological polar surface area (TPSA) is 32.3 Å². The van der Waals surface area contributed by atoms with Crippen LogP contribution in [0.2, 0.25) is 0 Å². The molecule has 0 radical (unpaired) electrons. The van der Waals surface area contributed by atoms with E-state index in [0.29, 0.717) is 0 Å². The molecule has 1 unspecified atom stereocenters. The summed E-state index contributed by atoms with van der Waals surface area (Å²) in [5.74, 6) is 0. The van der Waals surface area contributed by atoms with Crippen LogP contribution >= 0.6 is 0 Å². The fourth-order valence-electron chi connectivity index (χ4n) is 2.37. The summed E-state index contributed by atoms with van der Waals surface area (Å²) in [6.45, 7) is 7.65. The van der Waals surface area contributed by atoms with Crippen LogP contribution in [0.3, 0.4) is 0 Å². The summed E-state index contributed by atoms with van der Waals surface area (Å²) in [4.78, 5) is 0. The molecule has 94 valence electrons. The first-order valence-corrected chi connectivity index (χ1v) is 6.51. The number of para-hydroxylation sites is 1. The smallest absolute Gasteiger partial charge is 0.0810 e. The summed E-state index contributed by atoms with van der Waals surface area (Å²) < 4.78 is 0. The molecular weight excluding hydrogens is 210 g/mol. The third kappa shape index (κ3) is 3.01. The lowest BCUT2D eigenvalue weighted by atomic mass is 9.87. The minimum atomic E-state index is -0.338. The first kappa shape index (κ1) is 12.4. The number of hydrogen-bond donors (Lipinski definition) is 2. The molecule has 1 atom stereocenters. The Bertz CT molecular complexity index is 392. The van der Waals surface area contributed by atoms with E-state index in [4.69, 9.17) is 0 Å². The van der Waals surface area contributed by atoms with E-state index in [-0.39, 0.29) is 11.5 Å². The maximum Gasteiger partial charge on any atom is 0.0810 e. The third-order valence-electron chi connectivity index (χ3n) is 3.41. The maximum atomic E-state index is 10.3. The summed E-state index contributed by atoms with van der Waals surface area (Å²) in [6.07, 6.45) is 2.61. The molecule has 1 aromatic rings. The van der Waals surface area contributed by atoms with Crippen LogP contribution in [-0.4, -0.2) is 11.7 Å². The highest BCUT2D eigenvalue weighted by Crippen LogP contribution is 2.34. The van der Waals surface area contributed by atoms with Gasteiger partial charge in [0.05, 0.1) is 6.10 Å². The predicted octanol–water partition coefficient (Wildman–Crippen LogP) is 3.51. The van der Waals surface area contributed by atoms with Gasteiger partial charge in [0.2, 0.25) is 0 Å². The SMILES string of the molecule is CC(C)(C)CCC(O)c1cccc2c1NCC2. The Balaban J connectivity index is 2.10. The number of hydrogen-bond acceptors (Lipinski definition) is 2. The molecule has 2 N–H and O–H groups in total. The van der Waals surface area contributed by atoms with E-state index in [2.05, 4.69) is 38.2 Å². The van der Waals surface area contributed by atoms with E-state index < -0.39 is 0 Å². The number of rotatable bonds is 3. The van der Waals surface area contributed by atoms with E-state index in [1.54, 1.807) is 0 Å². The van der Waals surface area contributed by atoms with Crippen LogP contribution < -0.4 is 5.32 Å². The Hall–Kier alpha value is -1.02. The molecule has 0 fully saturated rings. The summed E-state index contributed by atoms with van der Waals surface area (Å²) in [7, 11) is 0. The molecule has 0 amide bonds. The van der Waals surface area contributed by atoms with Crippen LogP contribution in [0.15, 0.2) is 18.2 Å². The Morgan fingerprint density at radius 2 is 2.12 bits per heavy atom. The van der Waals surface area contributed by atoms with Gasteiger partial charge in [0, 0.05) is 17.8 Å². The second-order valence-corrected chi connectivity index (χ2v) is 6.17. The van der Waals surface area contributed by atoms with Gasteiger partial charge in [-0.2, -0.15) is 0 Å². The maximum absolute atomic E-state index is 10.3. The van der Waals surface area contributed by atoms with Crippen molar-refractivity contribution in [1.29, 1.82) is 0 Å². The Labute approximate surface area is 104 Å². The number of aliphatic hydroxyl groups is 1. The number of benzene rings is 1. The molecule has 1 aliphatic heterocycles. The van der Waals surface area contributed by atoms with E-state index in [1.165, 1.54) is 11.3 Å². The monoisotopic (exact) mass is 233 g/mol. The molecule has 1 aliphatic rings. The quantitative estimate of drug-likeness (QED) is 0.837. The molecule has 1 heterocycles. The first-order chi connectivity index (χ1) is 7.97. The Morgan fingerprint density at radius 1 is 1.35 bits per heavy atom. The minimum absolute atomic E-state index is 0.284. The normalized spacial score (nSPS) is 16.5. The molecule has 0 saturated heterocycles. The lowest BCUT2D eigenvalue weighted by Crippen LogP contribution is -2.09. The fourth-order valence-corrected chi connectivity index (χ4v) is 2.37. The zero-order valence-corrected chi connectivity index (χ0v) is 11.1. The number of fused-ring (bicyclic) bond motifs is 1. The van der Waals surface area contributed by atoms with Gasteiger partial charge >= 0.3 is 0 Å². The summed E-state index contributed by atoms with van der Waals surface area (Å²) >= 11 is 0. The fraction of sp³-hybridized carbons (Fsp3) is 0.600. The Kier molecular flexibility index (Phi) is 3.43. The van der Waals surface area contributed by atoms with Crippen LogP contribution in [0.5, 0.6) is 0 Å². The predicted molar refractivity (Wildman–Crippen MR) is 72.3 cm³/mol. The molecule has 0 spiro atoms. The Morgan fingerprint density at radius 3 is 2.82 bits per heavy atom. The molecule has 2 rings (SSSR count). The van der Waals surface area contributed by atoms with Crippen molar-refractivity contribution in [2.75, 3.05) is 11.9 Å². The highest BCUT2D eigenvalue weighted by Gasteiger charge is 2.20. The van der Waals surface area contributed by atoms with Gasteiger partial charge in [-0.25, -0.2) is 0 Å². The zero-order valence-electron chi connectivity index (χ0n) is 11.1. The van der Waals surface area contributed by atoms with Crippen molar-refractivity contribution in [2.45, 2.75) is 46.1 Å². The highest BCUT2D eigenvalue weighted by molar-refractivity contribution is 5.61. The molecule has 0 aliphatic carbocycles. The van der Waals surface area contributed by atoms with Gasteiger partial charge in [-0.15, -0.1) is 0 Å². The average Bonchev–Trinajstić information content (AvgIpc) is 2.72. The van der Waals surface area contributed by atoms with E-state index >= 15 is 0 Å². The van der Waals surface area contributed by atoms with Crippen LogP contribution in [0.1, 0.15) is 50.8 Å². The van der Waals surface area contributed by atoms with Gasteiger partial charge in [-0.3, -0.25) is 0 Å². The number of anilines is 1. The lowest BCUT2D eigenvalue weighted by molar-refractivity contribution is 0.148. The summed E-state index contributed by atoms with van der Waals surface area (Å²) in [5.41, 5.74) is 3.88. The number of nitrogens with one attached hydrogen (secondary N) is 1. The summed E-state index contributed by atoms with van der Waals surface area (Å²) in [5, 5.41) is 13.7. The van der Waals surface area contributed by atoms with Gasteiger partial charge in [0.25, 0.3) is 0 Å². The van der Waals surface area contributed by atoms with Crippen LogP contribution in [0.4, 0.5) is 5.69 Å². The lowest BCUT2D eigenvalue weighted by Gasteiger charge is -2.21. The highest BCUT2D eigenvalue weighted by atomic mass is 16.3. The average molecular weight is 233 g/mol. The van der Waals surface area contributed by atoms with Crippen molar-refractivity contribution in [3.05, 3.63) is 29.3 Å². The first-order valence-electron chi connectivity index (χ1n) is 6.51.